The van der Waals surface area contributed by atoms with Gasteiger partial charge in [0.2, 0.25) is 0 Å². The lowest BCUT2D eigenvalue weighted by Gasteiger charge is -1.95. The summed E-state index contributed by atoms with van der Waals surface area (Å²) >= 11 is 1.52. The van der Waals surface area contributed by atoms with Crippen LogP contribution in [0.3, 0.4) is 0 Å². The molecule has 0 spiro atoms. The highest BCUT2D eigenvalue weighted by atomic mass is 32.1. The average molecular weight is 224 g/mol. The molecule has 3 heteroatoms. The number of rotatable bonds is 0. The van der Waals surface area contributed by atoms with Gasteiger partial charge < -0.3 is 0 Å². The number of hydrogen-bond donors (Lipinski definition) is 0. The van der Waals surface area contributed by atoms with Crippen LogP contribution in [0.25, 0.3) is 0 Å². The van der Waals surface area contributed by atoms with Crippen molar-refractivity contribution in [3.05, 3.63) is 51.5 Å². The van der Waals surface area contributed by atoms with Gasteiger partial charge in [-0.2, -0.15) is 5.26 Å². The van der Waals surface area contributed by atoms with Crippen LogP contribution >= 0.6 is 11.3 Å². The minimum atomic E-state index is 0.641. The largest absolute Gasteiger partial charge is 0.236 e. The lowest BCUT2D eigenvalue weighted by molar-refractivity contribution is 1.37. The van der Waals surface area contributed by atoms with E-state index in [1.54, 1.807) is 11.6 Å². The number of thiazole rings is 1. The van der Waals surface area contributed by atoms with Gasteiger partial charge in [0.25, 0.3) is 0 Å². The highest BCUT2D eigenvalue weighted by Gasteiger charge is 1.95. The highest BCUT2D eigenvalue weighted by molar-refractivity contribution is 7.07. The molecule has 0 aliphatic carbocycles. The molecule has 0 radical (unpaired) electrons. The third-order valence-electron chi connectivity index (χ3n) is 1.97. The van der Waals surface area contributed by atoms with Crippen molar-refractivity contribution in [3.8, 4) is 17.9 Å². The number of aryl methyl sites for hydroxylation is 1. The molecule has 0 bridgehead atoms. The van der Waals surface area contributed by atoms with Gasteiger partial charge in [-0.25, -0.2) is 4.98 Å². The number of benzene rings is 1. The number of aromatic nitrogens is 1. The third kappa shape index (κ3) is 2.48. The molecule has 76 valence electrons. The van der Waals surface area contributed by atoms with Crippen molar-refractivity contribution in [1.29, 1.82) is 5.26 Å². The summed E-state index contributed by atoms with van der Waals surface area (Å²) in [6.07, 6.45) is 0. The van der Waals surface area contributed by atoms with Crippen LogP contribution in [0.15, 0.2) is 29.1 Å². The monoisotopic (exact) mass is 224 g/mol. The quantitative estimate of drug-likeness (QED) is 0.645. The Balaban J connectivity index is 2.35. The van der Waals surface area contributed by atoms with Gasteiger partial charge in [-0.3, -0.25) is 0 Å². The van der Waals surface area contributed by atoms with Crippen LogP contribution < -0.4 is 0 Å². The molecule has 16 heavy (non-hydrogen) atoms. The minimum absolute atomic E-state index is 0.641. The summed E-state index contributed by atoms with van der Waals surface area (Å²) in [5, 5.41) is 10.7. The van der Waals surface area contributed by atoms with Gasteiger partial charge in [-0.15, -0.1) is 11.3 Å². The zero-order chi connectivity index (χ0) is 11.4. The maximum Gasteiger partial charge on any atom is 0.124 e. The van der Waals surface area contributed by atoms with E-state index in [-0.39, 0.29) is 0 Å². The smallest absolute Gasteiger partial charge is 0.124 e. The predicted molar refractivity (Wildman–Crippen MR) is 64.0 cm³/mol. The van der Waals surface area contributed by atoms with Gasteiger partial charge in [-0.05, 0) is 36.6 Å². The van der Waals surface area contributed by atoms with Gasteiger partial charge in [-0.1, -0.05) is 5.92 Å². The van der Waals surface area contributed by atoms with E-state index in [9.17, 15) is 0 Å². The van der Waals surface area contributed by atoms with Crippen LogP contribution in [0.1, 0.15) is 22.4 Å². The van der Waals surface area contributed by atoms with Gasteiger partial charge in [0.1, 0.15) is 5.69 Å². The van der Waals surface area contributed by atoms with Crippen molar-refractivity contribution in [2.75, 3.05) is 0 Å². The van der Waals surface area contributed by atoms with Crippen LogP contribution in [0.4, 0.5) is 0 Å². The summed E-state index contributed by atoms with van der Waals surface area (Å²) in [5.41, 5.74) is 5.06. The molecule has 2 nitrogen and oxygen atoms in total. The van der Waals surface area contributed by atoms with E-state index in [0.29, 0.717) is 5.56 Å². The van der Waals surface area contributed by atoms with E-state index < -0.39 is 0 Å². The Bertz CT molecular complexity index is 595. The molecule has 0 saturated carbocycles. The van der Waals surface area contributed by atoms with E-state index in [4.69, 9.17) is 5.26 Å². The van der Waals surface area contributed by atoms with Gasteiger partial charge in [0.15, 0.2) is 0 Å². The third-order valence-corrected chi connectivity index (χ3v) is 2.56. The van der Waals surface area contributed by atoms with Crippen LogP contribution in [0.5, 0.6) is 0 Å². The van der Waals surface area contributed by atoms with Crippen molar-refractivity contribution in [2.24, 2.45) is 0 Å². The first-order chi connectivity index (χ1) is 7.78. The summed E-state index contributed by atoms with van der Waals surface area (Å²) in [4.78, 5) is 4.08. The van der Waals surface area contributed by atoms with Gasteiger partial charge in [0, 0.05) is 10.9 Å². The molecule has 0 saturated heterocycles. The van der Waals surface area contributed by atoms with E-state index >= 15 is 0 Å². The van der Waals surface area contributed by atoms with E-state index in [1.807, 2.05) is 24.4 Å². The molecular formula is C13H8N2S. The summed E-state index contributed by atoms with van der Waals surface area (Å²) in [6.45, 7) is 1.95. The molecule has 1 heterocycles. The fourth-order valence-electron chi connectivity index (χ4n) is 1.33. The molecule has 0 aliphatic heterocycles. The summed E-state index contributed by atoms with van der Waals surface area (Å²) in [7, 11) is 0. The molecule has 0 aliphatic rings. The second kappa shape index (κ2) is 4.61. The Morgan fingerprint density at radius 1 is 1.19 bits per heavy atom. The fourth-order valence-corrected chi connectivity index (χ4v) is 1.81. The molecule has 0 amide bonds. The van der Waals surface area contributed by atoms with Crippen LogP contribution in [0, 0.1) is 30.1 Å². The lowest BCUT2D eigenvalue weighted by atomic mass is 10.1. The predicted octanol–water partition coefficient (Wildman–Crippen LogP) is 2.72. The minimum Gasteiger partial charge on any atom is -0.236 e. The molecule has 0 atom stereocenters. The van der Waals surface area contributed by atoms with E-state index in [2.05, 4.69) is 22.9 Å². The molecule has 2 aromatic rings. The highest BCUT2D eigenvalue weighted by Crippen LogP contribution is 2.08. The topological polar surface area (TPSA) is 36.7 Å². The summed E-state index contributed by atoms with van der Waals surface area (Å²) in [5.74, 6) is 5.97. The maximum absolute atomic E-state index is 8.83. The molecule has 2 rings (SSSR count). The standard InChI is InChI=1S/C13H8N2S/c1-10-4-11(6-12(5-10)7-14)2-3-13-8-16-9-15-13/h4-6,8-9H,1H3. The van der Waals surface area contributed by atoms with Crippen molar-refractivity contribution in [2.45, 2.75) is 6.92 Å². The SMILES string of the molecule is Cc1cc(C#N)cc(C#Cc2cscn2)c1. The number of nitrogens with zero attached hydrogens (tertiary/aromatic N) is 2. The first-order valence-corrected chi connectivity index (χ1v) is 5.64. The van der Waals surface area contributed by atoms with Crippen molar-refractivity contribution in [1.82, 2.24) is 4.98 Å². The summed E-state index contributed by atoms with van der Waals surface area (Å²) < 4.78 is 0. The molecule has 1 aromatic carbocycles. The normalized spacial score (nSPS) is 9.00. The first-order valence-electron chi connectivity index (χ1n) is 4.70. The molecule has 0 unspecified atom stereocenters. The zero-order valence-electron chi connectivity index (χ0n) is 8.69. The van der Waals surface area contributed by atoms with Crippen molar-refractivity contribution in [3.63, 3.8) is 0 Å². The second-order valence-electron chi connectivity index (χ2n) is 3.32. The summed E-state index contributed by atoms with van der Waals surface area (Å²) in [6, 6.07) is 7.70. The molecule has 0 N–H and O–H groups in total. The van der Waals surface area contributed by atoms with Gasteiger partial charge >= 0.3 is 0 Å². The fraction of sp³-hybridized carbons (Fsp3) is 0.0769. The Morgan fingerprint density at radius 3 is 2.69 bits per heavy atom. The molecule has 0 fully saturated rings. The Kier molecular flexibility index (Phi) is 3.00. The van der Waals surface area contributed by atoms with Crippen molar-refractivity contribution >= 4 is 11.3 Å². The van der Waals surface area contributed by atoms with Crippen LogP contribution in [-0.2, 0) is 0 Å². The van der Waals surface area contributed by atoms with Crippen LogP contribution in [-0.4, -0.2) is 4.98 Å². The zero-order valence-corrected chi connectivity index (χ0v) is 9.51. The van der Waals surface area contributed by atoms with Crippen LogP contribution in [0.2, 0.25) is 0 Å². The van der Waals surface area contributed by atoms with Crippen molar-refractivity contribution < 1.29 is 0 Å². The number of nitriles is 1. The molecular weight excluding hydrogens is 216 g/mol. The second-order valence-corrected chi connectivity index (χ2v) is 4.04. The Morgan fingerprint density at radius 2 is 2.00 bits per heavy atom. The van der Waals surface area contributed by atoms with E-state index in [0.717, 1.165) is 16.8 Å². The Labute approximate surface area is 98.2 Å². The lowest BCUT2D eigenvalue weighted by Crippen LogP contribution is -1.82. The Hall–Kier alpha value is -2.10. The first kappa shape index (κ1) is 10.4. The van der Waals surface area contributed by atoms with Gasteiger partial charge in [0.05, 0.1) is 17.1 Å². The molecule has 1 aromatic heterocycles. The van der Waals surface area contributed by atoms with E-state index in [1.165, 1.54) is 11.3 Å². The number of hydrogen-bond acceptors (Lipinski definition) is 3. The average Bonchev–Trinajstić information content (AvgIpc) is 2.78. The maximum atomic E-state index is 8.83.